The number of aliphatic imine (C=N–C) groups is 1. The van der Waals surface area contributed by atoms with E-state index >= 15 is 0 Å². The van der Waals surface area contributed by atoms with E-state index in [0.29, 0.717) is 0 Å². The minimum absolute atomic E-state index is 0.0663. The lowest BCUT2D eigenvalue weighted by Crippen LogP contribution is -2.55. The normalized spacial score (nSPS) is 22.0. The first-order chi connectivity index (χ1) is 16.0. The molecule has 0 saturated carbocycles. The summed E-state index contributed by atoms with van der Waals surface area (Å²) in [6.45, 7) is 2.62. The van der Waals surface area contributed by atoms with Gasteiger partial charge in [0.2, 0.25) is 5.88 Å². The molecule has 0 spiro atoms. The first-order valence-electron chi connectivity index (χ1n) is 9.64. The second-order valence-electron chi connectivity index (χ2n) is 7.17. The molecule has 1 aromatic carbocycles. The number of nitrogens with one attached hydrogen (secondary N) is 1. The van der Waals surface area contributed by atoms with Gasteiger partial charge in [-0.15, -0.1) is 5.92 Å². The zero-order chi connectivity index (χ0) is 25.1. The van der Waals surface area contributed by atoms with E-state index < -0.39 is 47.3 Å². The Labute approximate surface area is 190 Å². The number of anilines is 1. The van der Waals surface area contributed by atoms with Gasteiger partial charge in [0.15, 0.2) is 24.4 Å². The Morgan fingerprint density at radius 2 is 2.06 bits per heavy atom. The Morgan fingerprint density at radius 3 is 2.68 bits per heavy atom. The van der Waals surface area contributed by atoms with Gasteiger partial charge in [-0.2, -0.15) is 13.2 Å². The van der Waals surface area contributed by atoms with Crippen molar-refractivity contribution >= 4 is 17.6 Å². The summed E-state index contributed by atoms with van der Waals surface area (Å²) < 4.78 is 79.5. The number of nitrogens with zero attached hydrogens (tertiary/aromatic N) is 3. The molecule has 0 unspecified atom stereocenters. The van der Waals surface area contributed by atoms with Crippen LogP contribution in [0.1, 0.15) is 29.9 Å². The van der Waals surface area contributed by atoms with Crippen molar-refractivity contribution in [1.82, 2.24) is 9.97 Å². The van der Waals surface area contributed by atoms with E-state index in [1.807, 2.05) is 0 Å². The average molecular weight is 483 g/mol. The molecule has 3 atom stereocenters. The first kappa shape index (κ1) is 24.7. The molecule has 1 aliphatic rings. The van der Waals surface area contributed by atoms with E-state index in [0.717, 1.165) is 31.3 Å². The number of hydrogen-bond donors (Lipinski definition) is 2. The van der Waals surface area contributed by atoms with Crippen molar-refractivity contribution in [3.8, 4) is 17.7 Å². The number of alkyl halides is 4. The monoisotopic (exact) mass is 483 g/mol. The van der Waals surface area contributed by atoms with Crippen molar-refractivity contribution in [2.24, 2.45) is 10.7 Å². The molecule has 0 bridgehead atoms. The van der Waals surface area contributed by atoms with E-state index in [1.54, 1.807) is 6.92 Å². The topological polar surface area (TPSA) is 112 Å². The molecule has 0 saturated heterocycles. The summed E-state index contributed by atoms with van der Waals surface area (Å²) in [7, 11) is 0. The lowest BCUT2D eigenvalue weighted by Gasteiger charge is -2.40. The predicted molar refractivity (Wildman–Crippen MR) is 110 cm³/mol. The largest absolute Gasteiger partial charge is 0.463 e. The third kappa shape index (κ3) is 5.16. The fraction of sp³-hybridized carbons (Fsp3) is 0.333. The number of carbonyl (C=O) groups excluding carboxylic acids is 1. The highest BCUT2D eigenvalue weighted by Gasteiger charge is 2.58. The summed E-state index contributed by atoms with van der Waals surface area (Å²) in [6, 6.07) is -0.893. The molecule has 1 amide bonds. The van der Waals surface area contributed by atoms with Crippen LogP contribution in [0.4, 0.5) is 27.6 Å². The van der Waals surface area contributed by atoms with Gasteiger partial charge in [0, 0.05) is 11.3 Å². The maximum Gasteiger partial charge on any atom is 0.413 e. The van der Waals surface area contributed by atoms with Crippen LogP contribution in [0.15, 0.2) is 35.6 Å². The first-order valence-corrected chi connectivity index (χ1v) is 9.64. The van der Waals surface area contributed by atoms with E-state index in [1.165, 1.54) is 6.20 Å². The molecule has 34 heavy (non-hydrogen) atoms. The average Bonchev–Trinajstić information content (AvgIpc) is 2.77. The van der Waals surface area contributed by atoms with Crippen molar-refractivity contribution in [3.05, 3.63) is 47.7 Å². The van der Waals surface area contributed by atoms with Gasteiger partial charge in [0.1, 0.15) is 11.5 Å². The lowest BCUT2D eigenvalue weighted by atomic mass is 9.85. The fourth-order valence-corrected chi connectivity index (χ4v) is 3.12. The fourth-order valence-electron chi connectivity index (χ4n) is 3.12. The van der Waals surface area contributed by atoms with Gasteiger partial charge in [-0.25, -0.2) is 23.7 Å². The number of rotatable bonds is 5. The molecule has 2 aromatic rings. The smallest absolute Gasteiger partial charge is 0.413 e. The number of nitrogens with two attached hydrogens (primary N) is 1. The number of benzene rings is 1. The van der Waals surface area contributed by atoms with E-state index in [2.05, 4.69) is 32.1 Å². The van der Waals surface area contributed by atoms with Crippen LogP contribution in [-0.4, -0.2) is 46.9 Å². The summed E-state index contributed by atoms with van der Waals surface area (Å²) in [5, 5.41) is 2.39. The van der Waals surface area contributed by atoms with Crippen molar-refractivity contribution in [2.45, 2.75) is 37.8 Å². The van der Waals surface area contributed by atoms with Gasteiger partial charge in [-0.3, -0.25) is 4.79 Å². The van der Waals surface area contributed by atoms with Crippen LogP contribution in [0.2, 0.25) is 0 Å². The molecule has 0 fully saturated rings. The van der Waals surface area contributed by atoms with Crippen LogP contribution in [0, 0.1) is 17.7 Å². The highest BCUT2D eigenvalue weighted by molar-refractivity contribution is 6.02. The van der Waals surface area contributed by atoms with Gasteiger partial charge in [-0.1, -0.05) is 5.92 Å². The van der Waals surface area contributed by atoms with E-state index in [4.69, 9.17) is 15.2 Å². The number of hydrogen-bond acceptors (Lipinski definition) is 7. The maximum absolute atomic E-state index is 14.9. The second-order valence-corrected chi connectivity index (χ2v) is 7.17. The third-order valence-corrected chi connectivity index (χ3v) is 4.81. The number of aromatic nitrogens is 2. The minimum Gasteiger partial charge on any atom is -0.463 e. The van der Waals surface area contributed by atoms with Crippen molar-refractivity contribution in [2.75, 3.05) is 11.9 Å². The van der Waals surface area contributed by atoms with Gasteiger partial charge < -0.3 is 20.5 Å². The third-order valence-electron chi connectivity index (χ3n) is 4.81. The summed E-state index contributed by atoms with van der Waals surface area (Å²) >= 11 is 0. The van der Waals surface area contributed by atoms with Crippen molar-refractivity contribution < 1.29 is 36.2 Å². The van der Waals surface area contributed by atoms with Crippen molar-refractivity contribution in [1.29, 1.82) is 0 Å². The number of amides is 1. The number of halogens is 5. The molecule has 0 radical (unpaired) electrons. The molecule has 3 rings (SSSR count). The van der Waals surface area contributed by atoms with Crippen LogP contribution < -0.4 is 15.8 Å². The predicted octanol–water partition coefficient (Wildman–Crippen LogP) is 3.10. The molecule has 0 aliphatic carbocycles. The Hall–Kier alpha value is -3.95. The van der Waals surface area contributed by atoms with Crippen LogP contribution in [0.25, 0.3) is 0 Å². The Balaban J connectivity index is 1.84. The zero-order valence-corrected chi connectivity index (χ0v) is 17.8. The zero-order valence-electron chi connectivity index (χ0n) is 17.8. The van der Waals surface area contributed by atoms with Gasteiger partial charge in [0.05, 0.1) is 12.4 Å². The SMILES string of the molecule is CC#CCOc1cnc(C(=O)Nc2ccc(F)c([C@@]3(C)OC(N)=N[C@H](C(F)(F)F)[C@H]3F)c2)cn1. The number of amidine groups is 1. The molecule has 1 aromatic heterocycles. The Kier molecular flexibility index (Phi) is 6.90. The quantitative estimate of drug-likeness (QED) is 0.500. The number of carbonyl (C=O) groups is 1. The molecule has 3 N–H and O–H groups in total. The summed E-state index contributed by atoms with van der Waals surface area (Å²) in [5.74, 6) is 3.56. The summed E-state index contributed by atoms with van der Waals surface area (Å²) in [6.07, 6.45) is -5.61. The number of ether oxygens (including phenoxy) is 2. The standard InChI is InChI=1S/C21H18F5N5O3/c1-3-4-7-33-15-10-28-14(9-29-15)18(32)30-11-5-6-13(22)12(8-11)20(2)16(23)17(21(24,25)26)31-19(27)34-20/h5-6,8-10,16-17H,7H2,1-2H3,(H2,27,31)(H,30,32)/t16-,17+,20-/m1/s1. The molecule has 13 heteroatoms. The lowest BCUT2D eigenvalue weighted by molar-refractivity contribution is -0.187. The second kappa shape index (κ2) is 9.50. The van der Waals surface area contributed by atoms with Gasteiger partial charge in [0.25, 0.3) is 11.9 Å². The van der Waals surface area contributed by atoms with E-state index in [-0.39, 0.29) is 23.9 Å². The highest BCUT2D eigenvalue weighted by atomic mass is 19.4. The molecule has 2 heterocycles. The van der Waals surface area contributed by atoms with Gasteiger partial charge >= 0.3 is 6.18 Å². The molecular weight excluding hydrogens is 465 g/mol. The molecular formula is C21H18F5N5O3. The van der Waals surface area contributed by atoms with Crippen LogP contribution >= 0.6 is 0 Å². The molecule has 1 aliphatic heterocycles. The highest BCUT2D eigenvalue weighted by Crippen LogP contribution is 2.43. The minimum atomic E-state index is -5.09. The maximum atomic E-state index is 14.9. The van der Waals surface area contributed by atoms with Crippen LogP contribution in [0.3, 0.4) is 0 Å². The van der Waals surface area contributed by atoms with Crippen LogP contribution in [0.5, 0.6) is 5.88 Å². The molecule has 180 valence electrons. The Morgan fingerprint density at radius 1 is 1.32 bits per heavy atom. The van der Waals surface area contributed by atoms with E-state index in [9.17, 15) is 26.7 Å². The van der Waals surface area contributed by atoms with Crippen LogP contribution in [-0.2, 0) is 10.3 Å². The molecule has 8 nitrogen and oxygen atoms in total. The van der Waals surface area contributed by atoms with Crippen molar-refractivity contribution in [3.63, 3.8) is 0 Å². The Bertz CT molecular complexity index is 1160. The summed E-state index contributed by atoms with van der Waals surface area (Å²) in [5.41, 5.74) is 2.04. The summed E-state index contributed by atoms with van der Waals surface area (Å²) in [4.78, 5) is 23.2. The van der Waals surface area contributed by atoms with Gasteiger partial charge in [-0.05, 0) is 32.0 Å².